The van der Waals surface area contributed by atoms with Crippen LogP contribution in [0.4, 0.5) is 0 Å². The van der Waals surface area contributed by atoms with E-state index in [0.717, 1.165) is 0 Å². The van der Waals surface area contributed by atoms with E-state index in [4.69, 9.17) is 9.47 Å². The van der Waals surface area contributed by atoms with Gasteiger partial charge in [-0.1, -0.05) is 32.9 Å². The third-order valence-corrected chi connectivity index (χ3v) is 4.32. The largest absolute Gasteiger partial charge is 0.469 e. The first kappa shape index (κ1) is 20.7. The van der Waals surface area contributed by atoms with E-state index in [2.05, 4.69) is 19.9 Å². The minimum atomic E-state index is -0.584. The summed E-state index contributed by atoms with van der Waals surface area (Å²) in [6, 6.07) is 0. The number of rotatable bonds is 7. The third-order valence-electron chi connectivity index (χ3n) is 4.32. The van der Waals surface area contributed by atoms with Gasteiger partial charge >= 0.3 is 11.9 Å². The van der Waals surface area contributed by atoms with Crippen molar-refractivity contribution < 1.29 is 19.1 Å². The van der Waals surface area contributed by atoms with Crippen LogP contribution in [0.1, 0.15) is 54.9 Å². The van der Waals surface area contributed by atoms with Crippen LogP contribution in [0.15, 0.2) is 12.2 Å². The van der Waals surface area contributed by atoms with Crippen molar-refractivity contribution in [2.75, 3.05) is 14.2 Å². The molecule has 0 rings (SSSR count). The Labute approximate surface area is 135 Å². The van der Waals surface area contributed by atoms with Crippen LogP contribution in [-0.4, -0.2) is 26.2 Å². The Hall–Kier alpha value is -1.32. The van der Waals surface area contributed by atoms with Crippen LogP contribution in [0, 0.1) is 22.2 Å². The summed E-state index contributed by atoms with van der Waals surface area (Å²) in [7, 11) is 2.82. The van der Waals surface area contributed by atoms with E-state index in [0.29, 0.717) is 6.42 Å². The van der Waals surface area contributed by atoms with Gasteiger partial charge in [0.25, 0.3) is 0 Å². The molecule has 0 N–H and O–H groups in total. The maximum atomic E-state index is 11.8. The molecular formula is C18H32O4. The molecule has 1 unspecified atom stereocenters. The smallest absolute Gasteiger partial charge is 0.311 e. The molecule has 0 amide bonds. The average Bonchev–Trinajstić information content (AvgIpc) is 2.41. The normalized spacial score (nSPS) is 14.8. The fourth-order valence-corrected chi connectivity index (χ4v) is 2.64. The number of hydrogen-bond donors (Lipinski definition) is 0. The Bertz CT molecular complexity index is 430. The van der Waals surface area contributed by atoms with E-state index >= 15 is 0 Å². The molecule has 0 saturated carbocycles. The topological polar surface area (TPSA) is 52.6 Å². The van der Waals surface area contributed by atoms with E-state index in [9.17, 15) is 9.59 Å². The molecule has 0 aliphatic heterocycles. The lowest BCUT2D eigenvalue weighted by atomic mass is 9.73. The summed E-state index contributed by atoms with van der Waals surface area (Å²) < 4.78 is 9.72. The summed E-state index contributed by atoms with van der Waals surface area (Å²) in [5, 5.41) is 0. The van der Waals surface area contributed by atoms with Crippen LogP contribution in [-0.2, 0) is 19.1 Å². The van der Waals surface area contributed by atoms with Crippen LogP contribution < -0.4 is 0 Å². The van der Waals surface area contributed by atoms with Crippen molar-refractivity contribution in [1.29, 1.82) is 0 Å². The van der Waals surface area contributed by atoms with Crippen molar-refractivity contribution in [3.63, 3.8) is 0 Å². The summed E-state index contributed by atoms with van der Waals surface area (Å²) in [4.78, 5) is 23.7. The number of ether oxygens (including phenoxy) is 2. The van der Waals surface area contributed by atoms with Crippen molar-refractivity contribution in [1.82, 2.24) is 0 Å². The highest BCUT2D eigenvalue weighted by Crippen LogP contribution is 2.37. The first-order chi connectivity index (χ1) is 9.80. The molecule has 0 fully saturated rings. The van der Waals surface area contributed by atoms with Gasteiger partial charge in [0, 0.05) is 0 Å². The molecule has 0 aromatic carbocycles. The van der Waals surface area contributed by atoms with E-state index in [1.807, 2.05) is 40.7 Å². The van der Waals surface area contributed by atoms with Crippen LogP contribution >= 0.6 is 0 Å². The van der Waals surface area contributed by atoms with Crippen LogP contribution in [0.5, 0.6) is 0 Å². The van der Waals surface area contributed by atoms with E-state index in [1.54, 1.807) is 0 Å². The van der Waals surface area contributed by atoms with Crippen LogP contribution in [0.2, 0.25) is 0 Å². The molecule has 1 atom stereocenters. The van der Waals surface area contributed by atoms with Crippen molar-refractivity contribution in [3.05, 3.63) is 12.2 Å². The molecule has 0 radical (unpaired) electrons. The molecule has 0 aromatic rings. The predicted octanol–water partition coefficient (Wildman–Crippen LogP) is 3.99. The van der Waals surface area contributed by atoms with Gasteiger partial charge in [-0.2, -0.15) is 0 Å². The summed E-state index contributed by atoms with van der Waals surface area (Å²) in [6.45, 7) is 13.7. The number of hydrogen-bond acceptors (Lipinski definition) is 4. The highest BCUT2D eigenvalue weighted by atomic mass is 16.5. The third kappa shape index (κ3) is 5.47. The molecule has 0 bridgehead atoms. The molecule has 0 aliphatic carbocycles. The standard InChI is InChI=1S/C18H32O4/c1-13(18(6,7)15(20)22-9)10-11-16(2,3)12-17(4,5)14(19)21-8/h10-11,13H,12H2,1-9H3. The summed E-state index contributed by atoms with van der Waals surface area (Å²) >= 11 is 0. The predicted molar refractivity (Wildman–Crippen MR) is 88.3 cm³/mol. The molecule has 0 aliphatic rings. The Morgan fingerprint density at radius 2 is 1.41 bits per heavy atom. The van der Waals surface area contributed by atoms with Gasteiger partial charge in [0.15, 0.2) is 0 Å². The lowest BCUT2D eigenvalue weighted by Crippen LogP contribution is -2.32. The second-order valence-corrected chi connectivity index (χ2v) is 7.90. The second kappa shape index (κ2) is 7.30. The Morgan fingerprint density at radius 1 is 0.955 bits per heavy atom. The van der Waals surface area contributed by atoms with Gasteiger partial charge in [0.2, 0.25) is 0 Å². The van der Waals surface area contributed by atoms with E-state index in [1.165, 1.54) is 14.2 Å². The highest BCUT2D eigenvalue weighted by molar-refractivity contribution is 5.76. The minimum Gasteiger partial charge on any atom is -0.469 e. The molecular weight excluding hydrogens is 280 g/mol. The number of carbonyl (C=O) groups is 2. The van der Waals surface area contributed by atoms with Crippen molar-refractivity contribution in [3.8, 4) is 0 Å². The average molecular weight is 312 g/mol. The Morgan fingerprint density at radius 3 is 1.82 bits per heavy atom. The lowest BCUT2D eigenvalue weighted by molar-refractivity contribution is -0.152. The number of esters is 2. The molecule has 22 heavy (non-hydrogen) atoms. The SMILES string of the molecule is COC(=O)C(C)(C)CC(C)(C)C=CC(C)C(C)(C)C(=O)OC. The summed E-state index contributed by atoms with van der Waals surface area (Å²) in [5.74, 6) is -0.408. The van der Waals surface area contributed by atoms with Crippen molar-refractivity contribution >= 4 is 11.9 Å². The fraction of sp³-hybridized carbons (Fsp3) is 0.778. The van der Waals surface area contributed by atoms with Gasteiger partial charge in [-0.3, -0.25) is 9.59 Å². The number of allylic oxidation sites excluding steroid dienone is 2. The van der Waals surface area contributed by atoms with E-state index in [-0.39, 0.29) is 23.3 Å². The van der Waals surface area contributed by atoms with Gasteiger partial charge < -0.3 is 9.47 Å². The van der Waals surface area contributed by atoms with Crippen molar-refractivity contribution in [2.45, 2.75) is 54.9 Å². The molecule has 0 spiro atoms. The first-order valence-corrected chi connectivity index (χ1v) is 7.66. The quantitative estimate of drug-likeness (QED) is 0.527. The van der Waals surface area contributed by atoms with Crippen LogP contribution in [0.3, 0.4) is 0 Å². The second-order valence-electron chi connectivity index (χ2n) is 7.90. The Balaban J connectivity index is 5.05. The van der Waals surface area contributed by atoms with Gasteiger partial charge in [-0.15, -0.1) is 0 Å². The molecule has 0 aromatic heterocycles. The number of methoxy groups -OCH3 is 2. The molecule has 4 heteroatoms. The molecule has 128 valence electrons. The molecule has 0 heterocycles. The summed E-state index contributed by atoms with van der Waals surface area (Å²) in [6.07, 6.45) is 4.77. The highest BCUT2D eigenvalue weighted by Gasteiger charge is 2.36. The van der Waals surface area contributed by atoms with E-state index < -0.39 is 10.8 Å². The summed E-state index contributed by atoms with van der Waals surface area (Å²) in [5.41, 5.74) is -1.32. The van der Waals surface area contributed by atoms with Crippen molar-refractivity contribution in [2.24, 2.45) is 22.2 Å². The molecule has 4 nitrogen and oxygen atoms in total. The fourth-order valence-electron chi connectivity index (χ4n) is 2.64. The minimum absolute atomic E-state index is 0.0282. The zero-order chi connectivity index (χ0) is 17.8. The molecule has 0 saturated heterocycles. The lowest BCUT2D eigenvalue weighted by Gasteiger charge is -2.32. The Kier molecular flexibility index (Phi) is 6.86. The van der Waals surface area contributed by atoms with Gasteiger partial charge in [-0.25, -0.2) is 0 Å². The first-order valence-electron chi connectivity index (χ1n) is 7.66. The monoisotopic (exact) mass is 312 g/mol. The number of carbonyl (C=O) groups excluding carboxylic acids is 2. The zero-order valence-corrected chi connectivity index (χ0v) is 15.6. The van der Waals surface area contributed by atoms with Crippen LogP contribution in [0.25, 0.3) is 0 Å². The maximum Gasteiger partial charge on any atom is 0.311 e. The van der Waals surface area contributed by atoms with Gasteiger partial charge in [0.05, 0.1) is 25.0 Å². The van der Waals surface area contributed by atoms with Gasteiger partial charge in [-0.05, 0) is 45.4 Å². The van der Waals surface area contributed by atoms with Gasteiger partial charge in [0.1, 0.15) is 0 Å². The zero-order valence-electron chi connectivity index (χ0n) is 15.6. The maximum absolute atomic E-state index is 11.8.